The van der Waals surface area contributed by atoms with Crippen LogP contribution in [0.4, 0.5) is 0 Å². The van der Waals surface area contributed by atoms with Crippen LogP contribution in [-0.2, 0) is 31.9 Å². The standard InChI is InChI=1S/C38H28N3O.C16H20NSi.Ir/c1-38(2,3)33-23-21-30-29-14-9-15-31(35(29)42-37(30)40-33)36-39-32-22-18-26-12-7-8-13-28(26)34(32)41(36)27-19-16-25(17-20-27)24-10-5-4-6-11-24;1-5-13-11-15(14-9-7-6-8-10-14)17-12-16(13)18(2,3)4;/h4-14,16-23H,1-3H3;6-9,11-12H,5H2,1-4H3;/q2*-1;. The van der Waals surface area contributed by atoms with Crippen molar-refractivity contribution in [2.45, 2.75) is 59.2 Å². The molecule has 4 heterocycles. The monoisotopic (exact) mass is 989 g/mol. The number of hydrogen-bond acceptors (Lipinski definition) is 4. The molecule has 7 heteroatoms. The zero-order valence-electron chi connectivity index (χ0n) is 35.7. The van der Waals surface area contributed by atoms with Crippen molar-refractivity contribution in [3.63, 3.8) is 0 Å². The third-order valence-electron chi connectivity index (χ3n) is 11.2. The van der Waals surface area contributed by atoms with E-state index in [2.05, 4.69) is 190 Å². The summed E-state index contributed by atoms with van der Waals surface area (Å²) in [6, 6.07) is 57.1. The van der Waals surface area contributed by atoms with Gasteiger partial charge in [-0.2, -0.15) is 0 Å². The summed E-state index contributed by atoms with van der Waals surface area (Å²) < 4.78 is 8.78. The second-order valence-corrected chi connectivity index (χ2v) is 22.5. The molecule has 5 nitrogen and oxygen atoms in total. The molecule has 10 aromatic rings. The summed E-state index contributed by atoms with van der Waals surface area (Å²) in [4.78, 5) is 14.8. The molecule has 1 radical (unpaired) electrons. The molecule has 0 N–H and O–H groups in total. The summed E-state index contributed by atoms with van der Waals surface area (Å²) in [7, 11) is -1.30. The number of aromatic nitrogens is 4. The summed E-state index contributed by atoms with van der Waals surface area (Å²) >= 11 is 0. The Kier molecular flexibility index (Phi) is 11.5. The van der Waals surface area contributed by atoms with Gasteiger partial charge in [0.2, 0.25) is 5.71 Å². The molecule has 305 valence electrons. The van der Waals surface area contributed by atoms with Gasteiger partial charge in [0.25, 0.3) is 0 Å². The molecule has 0 spiro atoms. The van der Waals surface area contributed by atoms with Crippen molar-refractivity contribution in [1.29, 1.82) is 0 Å². The van der Waals surface area contributed by atoms with E-state index in [1.54, 1.807) is 0 Å². The second-order valence-electron chi connectivity index (χ2n) is 17.4. The van der Waals surface area contributed by atoms with Gasteiger partial charge >= 0.3 is 0 Å². The van der Waals surface area contributed by atoms with Gasteiger partial charge in [0, 0.05) is 53.9 Å². The Morgan fingerprint density at radius 2 is 1.43 bits per heavy atom. The van der Waals surface area contributed by atoms with Gasteiger partial charge in [0.05, 0.1) is 30.5 Å². The molecule has 10 rings (SSSR count). The van der Waals surface area contributed by atoms with Crippen molar-refractivity contribution >= 4 is 57.1 Å². The van der Waals surface area contributed by atoms with E-state index in [1.165, 1.54) is 27.3 Å². The van der Waals surface area contributed by atoms with Gasteiger partial charge in [-0.3, -0.25) is 4.98 Å². The average Bonchev–Trinajstić information content (AvgIpc) is 3.85. The Hall–Kier alpha value is -5.98. The molecule has 0 bridgehead atoms. The van der Waals surface area contributed by atoms with E-state index in [0.717, 1.165) is 73.2 Å². The van der Waals surface area contributed by atoms with Crippen LogP contribution in [-0.4, -0.2) is 27.6 Å². The summed E-state index contributed by atoms with van der Waals surface area (Å²) in [5.74, 6) is 0.787. The van der Waals surface area contributed by atoms with Gasteiger partial charge in [-0.25, -0.2) is 4.98 Å². The van der Waals surface area contributed by atoms with Crippen LogP contribution in [0.15, 0.2) is 156 Å². The molecule has 4 aromatic heterocycles. The molecule has 0 saturated heterocycles. The van der Waals surface area contributed by atoms with Crippen LogP contribution in [0.2, 0.25) is 19.6 Å². The first kappa shape index (κ1) is 41.7. The Morgan fingerprint density at radius 1 is 0.689 bits per heavy atom. The van der Waals surface area contributed by atoms with Crippen LogP contribution in [0, 0.1) is 12.1 Å². The van der Waals surface area contributed by atoms with Gasteiger partial charge in [-0.1, -0.05) is 143 Å². The van der Waals surface area contributed by atoms with Crippen LogP contribution in [0.5, 0.6) is 0 Å². The summed E-state index contributed by atoms with van der Waals surface area (Å²) in [6.45, 7) is 15.8. The maximum Gasteiger partial charge on any atom is 0.216 e. The first-order valence-electron chi connectivity index (χ1n) is 20.8. The minimum atomic E-state index is -1.30. The topological polar surface area (TPSA) is 56.7 Å². The van der Waals surface area contributed by atoms with E-state index in [0.29, 0.717) is 5.71 Å². The third-order valence-corrected chi connectivity index (χ3v) is 13.3. The largest absolute Gasteiger partial charge is 0.486 e. The van der Waals surface area contributed by atoms with Crippen molar-refractivity contribution < 1.29 is 24.5 Å². The SMILES string of the molecule is CC(C)(C)c1ccc2c(n1)oc1c(-c3nc4ccc5ccccc5c4n3-c3ccc(-c4ccccc4)cc3)[c-]ccc12.CCc1cc(-c2[c-]cccc2)ncc1[Si](C)(C)C.[Ir]. The quantitative estimate of drug-likeness (QED) is 0.123. The van der Waals surface area contributed by atoms with Crippen molar-refractivity contribution in [1.82, 2.24) is 19.5 Å². The third kappa shape index (κ3) is 8.14. The number of benzene rings is 6. The zero-order valence-corrected chi connectivity index (χ0v) is 39.1. The molecular formula is C54H48IrN4OSi-2. The van der Waals surface area contributed by atoms with E-state index < -0.39 is 8.07 Å². The first-order chi connectivity index (χ1) is 29.0. The molecule has 6 aromatic carbocycles. The van der Waals surface area contributed by atoms with Gasteiger partial charge < -0.3 is 14.0 Å². The number of fused-ring (bicyclic) bond motifs is 6. The first-order valence-corrected chi connectivity index (χ1v) is 24.3. The molecule has 61 heavy (non-hydrogen) atoms. The predicted octanol–water partition coefficient (Wildman–Crippen LogP) is 13.6. The fourth-order valence-electron chi connectivity index (χ4n) is 8.06. The Balaban J connectivity index is 0.000000228. The molecule has 0 aliphatic carbocycles. The molecule has 0 fully saturated rings. The van der Waals surface area contributed by atoms with Gasteiger partial charge in [0.15, 0.2) is 0 Å². The fourth-order valence-corrected chi connectivity index (χ4v) is 9.73. The number of furan rings is 1. The van der Waals surface area contributed by atoms with Crippen LogP contribution >= 0.6 is 0 Å². The maximum atomic E-state index is 6.53. The number of hydrogen-bond donors (Lipinski definition) is 0. The van der Waals surface area contributed by atoms with Crippen LogP contribution in [0.25, 0.3) is 83.3 Å². The maximum absolute atomic E-state index is 6.53. The van der Waals surface area contributed by atoms with Crippen molar-refractivity contribution in [2.24, 2.45) is 0 Å². The summed E-state index contributed by atoms with van der Waals surface area (Å²) in [5, 5.41) is 5.80. The molecular weight excluding hydrogens is 941 g/mol. The minimum Gasteiger partial charge on any atom is -0.486 e. The van der Waals surface area contributed by atoms with Gasteiger partial charge in [-0.15, -0.1) is 54.1 Å². The number of aryl methyl sites for hydroxylation is 1. The number of nitrogens with zero attached hydrogens (tertiary/aromatic N) is 4. The van der Waals surface area contributed by atoms with Crippen molar-refractivity contribution in [2.75, 3.05) is 0 Å². The fraction of sp³-hybridized carbons (Fsp3) is 0.167. The van der Waals surface area contributed by atoms with E-state index in [4.69, 9.17) is 14.4 Å². The number of rotatable bonds is 6. The molecule has 0 atom stereocenters. The summed E-state index contributed by atoms with van der Waals surface area (Å²) in [5.41, 5.74) is 12.0. The van der Waals surface area contributed by atoms with Crippen LogP contribution in [0.3, 0.4) is 0 Å². The van der Waals surface area contributed by atoms with Gasteiger partial charge in [-0.05, 0) is 64.1 Å². The van der Waals surface area contributed by atoms with E-state index in [1.807, 2.05) is 30.3 Å². The Morgan fingerprint density at radius 3 is 2.15 bits per heavy atom. The van der Waals surface area contributed by atoms with E-state index in [9.17, 15) is 0 Å². The number of imidazole rings is 1. The molecule has 0 aliphatic heterocycles. The molecule has 0 amide bonds. The molecule has 0 saturated carbocycles. The zero-order chi connectivity index (χ0) is 41.6. The second kappa shape index (κ2) is 16.8. The number of pyridine rings is 2. The van der Waals surface area contributed by atoms with E-state index >= 15 is 0 Å². The molecule has 0 unspecified atom stereocenters. The average molecular weight is 989 g/mol. The Labute approximate surface area is 372 Å². The van der Waals surface area contributed by atoms with Crippen molar-refractivity contribution in [3.05, 3.63) is 175 Å². The van der Waals surface area contributed by atoms with Crippen LogP contribution < -0.4 is 5.19 Å². The van der Waals surface area contributed by atoms with Crippen molar-refractivity contribution in [3.8, 4) is 39.5 Å². The smallest absolute Gasteiger partial charge is 0.216 e. The Bertz CT molecular complexity index is 3140. The normalized spacial score (nSPS) is 11.8. The minimum absolute atomic E-state index is 0. The molecule has 0 aliphatic rings. The van der Waals surface area contributed by atoms with E-state index in [-0.39, 0.29) is 25.5 Å². The summed E-state index contributed by atoms with van der Waals surface area (Å²) in [6.07, 6.45) is 3.16. The predicted molar refractivity (Wildman–Crippen MR) is 253 cm³/mol. The van der Waals surface area contributed by atoms with Crippen LogP contribution in [0.1, 0.15) is 39.0 Å². The van der Waals surface area contributed by atoms with Gasteiger partial charge in [0.1, 0.15) is 0 Å².